The quantitative estimate of drug-likeness (QED) is 0.127. The summed E-state index contributed by atoms with van der Waals surface area (Å²) in [6.45, 7) is 3.29. The molecule has 0 spiro atoms. The Kier molecular flexibility index (Phi) is 9.34. The Labute approximate surface area is 249 Å². The minimum atomic E-state index is -0.390. The van der Waals surface area contributed by atoms with Gasteiger partial charge in [-0.3, -0.25) is 13.9 Å². The highest BCUT2D eigenvalue weighted by Crippen LogP contribution is 2.26. The van der Waals surface area contributed by atoms with Crippen LogP contribution >= 0.6 is 11.8 Å². The first-order chi connectivity index (χ1) is 20.5. The van der Waals surface area contributed by atoms with Crippen LogP contribution in [0.3, 0.4) is 0 Å². The van der Waals surface area contributed by atoms with Crippen LogP contribution < -0.4 is 25.5 Å². The molecule has 0 bridgehead atoms. The van der Waals surface area contributed by atoms with Crippen molar-refractivity contribution in [1.29, 1.82) is 0 Å². The average Bonchev–Trinajstić information content (AvgIpc) is 3.02. The van der Waals surface area contributed by atoms with Gasteiger partial charge in [-0.05, 0) is 78.8 Å². The largest absolute Gasteiger partial charge is 0.497 e. The van der Waals surface area contributed by atoms with E-state index in [1.54, 1.807) is 41.6 Å². The molecule has 5 rings (SSSR count). The summed E-state index contributed by atoms with van der Waals surface area (Å²) in [6, 6.07) is 28.6. The van der Waals surface area contributed by atoms with E-state index >= 15 is 0 Å². The third-order valence-electron chi connectivity index (χ3n) is 7.10. The van der Waals surface area contributed by atoms with E-state index in [-0.39, 0.29) is 17.8 Å². The summed E-state index contributed by atoms with van der Waals surface area (Å²) in [4.78, 5) is 28.8. The molecule has 7 nitrogen and oxygen atoms in total. The number of thioether (sulfide) groups is 1. The van der Waals surface area contributed by atoms with Gasteiger partial charge in [-0.2, -0.15) is 0 Å². The molecule has 0 N–H and O–H groups in total. The van der Waals surface area contributed by atoms with Crippen molar-refractivity contribution in [3.63, 3.8) is 0 Å². The first kappa shape index (κ1) is 29.1. The maximum atomic E-state index is 13.9. The highest BCUT2D eigenvalue weighted by Gasteiger charge is 2.17. The summed E-state index contributed by atoms with van der Waals surface area (Å²) in [6.07, 6.45) is 2.61. The van der Waals surface area contributed by atoms with E-state index < -0.39 is 0 Å². The van der Waals surface area contributed by atoms with Crippen LogP contribution in [-0.2, 0) is 19.7 Å². The highest BCUT2D eigenvalue weighted by molar-refractivity contribution is 7.98. The molecule has 1 heterocycles. The minimum Gasteiger partial charge on any atom is -0.497 e. The fourth-order valence-electron chi connectivity index (χ4n) is 4.91. The first-order valence-electron chi connectivity index (χ1n) is 13.8. The summed E-state index contributed by atoms with van der Waals surface area (Å²) in [7, 11) is 1.60. The zero-order valence-electron chi connectivity index (χ0n) is 24.0. The lowest BCUT2D eigenvalue weighted by atomic mass is 10.2. The van der Waals surface area contributed by atoms with E-state index in [4.69, 9.17) is 14.2 Å². The summed E-state index contributed by atoms with van der Waals surface area (Å²) < 4.78 is 20.4. The number of hydrogen-bond acceptors (Lipinski definition) is 6. The summed E-state index contributed by atoms with van der Waals surface area (Å²) in [5.74, 6) is 1.99. The van der Waals surface area contributed by atoms with Gasteiger partial charge in [-0.25, -0.2) is 4.79 Å². The Balaban J connectivity index is 1.47. The third-order valence-corrected chi connectivity index (χ3v) is 8.00. The predicted octanol–water partition coefficient (Wildman–Crippen LogP) is 6.30. The molecule has 0 unspecified atom stereocenters. The van der Waals surface area contributed by atoms with Gasteiger partial charge < -0.3 is 14.2 Å². The topological polar surface area (TPSA) is 71.7 Å². The van der Waals surface area contributed by atoms with Crippen molar-refractivity contribution in [3.05, 3.63) is 129 Å². The molecule has 216 valence electrons. The molecule has 0 aliphatic rings. The molecule has 42 heavy (non-hydrogen) atoms. The first-order valence-corrected chi connectivity index (χ1v) is 15.0. The molecular formula is C34H34N2O5S. The van der Waals surface area contributed by atoms with Crippen LogP contribution in [0, 0.1) is 6.92 Å². The van der Waals surface area contributed by atoms with Gasteiger partial charge >= 0.3 is 5.69 Å². The molecule has 5 aromatic rings. The standard InChI is InChI=1S/C34H34N2O5S/c1-24-21-28(17-18-31(24)42-3)40-20-8-19-35-32-29(11-7-12-30(32)41-23-26-9-5-4-6-10-26)33(37)36(34(35)38)22-25-13-15-27(39-2)16-14-25/h4-7,9-18,21H,8,19-20,22-23H2,1-3H3. The number of nitrogens with zero attached hydrogens (tertiary/aromatic N) is 2. The number of methoxy groups -OCH3 is 1. The van der Waals surface area contributed by atoms with Crippen LogP contribution in [-0.4, -0.2) is 29.1 Å². The number of aromatic nitrogens is 2. The third kappa shape index (κ3) is 6.55. The average molecular weight is 583 g/mol. The van der Waals surface area contributed by atoms with Gasteiger partial charge in [-0.15, -0.1) is 11.8 Å². The molecule has 1 aromatic heterocycles. The smallest absolute Gasteiger partial charge is 0.331 e. The number of benzene rings is 4. The lowest BCUT2D eigenvalue weighted by molar-refractivity contribution is 0.297. The molecule has 8 heteroatoms. The van der Waals surface area contributed by atoms with Crippen LogP contribution in [0.2, 0.25) is 0 Å². The number of ether oxygens (including phenoxy) is 3. The predicted molar refractivity (Wildman–Crippen MR) is 168 cm³/mol. The van der Waals surface area contributed by atoms with Crippen molar-refractivity contribution >= 4 is 22.7 Å². The monoisotopic (exact) mass is 582 g/mol. The Hall–Kier alpha value is -4.43. The van der Waals surface area contributed by atoms with E-state index in [1.165, 1.54) is 9.46 Å². The molecule has 0 atom stereocenters. The van der Waals surface area contributed by atoms with Crippen LogP contribution in [0.5, 0.6) is 17.2 Å². The van der Waals surface area contributed by atoms with Gasteiger partial charge in [0.15, 0.2) is 0 Å². The van der Waals surface area contributed by atoms with E-state index in [1.807, 2.05) is 66.7 Å². The summed E-state index contributed by atoms with van der Waals surface area (Å²) in [5.41, 5.74) is 2.73. The van der Waals surface area contributed by atoms with Gasteiger partial charge in [0, 0.05) is 11.4 Å². The molecule has 0 fully saturated rings. The van der Waals surface area contributed by atoms with Crippen LogP contribution in [0.4, 0.5) is 0 Å². The Morgan fingerprint density at radius 3 is 2.26 bits per heavy atom. The Bertz CT molecular complexity index is 1780. The second-order valence-corrected chi connectivity index (χ2v) is 10.8. The number of para-hydroxylation sites is 1. The zero-order valence-corrected chi connectivity index (χ0v) is 24.9. The SMILES string of the molecule is COc1ccc(Cn2c(=O)c3cccc(OCc4ccccc4)c3n(CCCOc3ccc(SC)c(C)c3)c2=O)cc1. The van der Waals surface area contributed by atoms with Gasteiger partial charge in [0.05, 0.1) is 25.6 Å². The van der Waals surface area contributed by atoms with Crippen molar-refractivity contribution < 1.29 is 14.2 Å². The van der Waals surface area contributed by atoms with Gasteiger partial charge in [0.25, 0.3) is 5.56 Å². The highest BCUT2D eigenvalue weighted by atomic mass is 32.2. The lowest BCUT2D eigenvalue weighted by Gasteiger charge is -2.18. The molecule has 0 radical (unpaired) electrons. The van der Waals surface area contributed by atoms with Crippen molar-refractivity contribution in [1.82, 2.24) is 9.13 Å². The van der Waals surface area contributed by atoms with Gasteiger partial charge in [-0.1, -0.05) is 48.5 Å². The molecule has 0 aliphatic heterocycles. The van der Waals surface area contributed by atoms with Gasteiger partial charge in [0.1, 0.15) is 29.4 Å². The van der Waals surface area contributed by atoms with Crippen molar-refractivity contribution in [3.8, 4) is 17.2 Å². The normalized spacial score (nSPS) is 11.0. The van der Waals surface area contributed by atoms with Gasteiger partial charge in [0.2, 0.25) is 0 Å². The molecule has 4 aromatic carbocycles. The van der Waals surface area contributed by atoms with E-state index in [9.17, 15) is 9.59 Å². The van der Waals surface area contributed by atoms with Crippen molar-refractivity contribution in [2.45, 2.75) is 37.9 Å². The Morgan fingerprint density at radius 1 is 0.786 bits per heavy atom. The fraction of sp³-hybridized carbons (Fsp3) is 0.235. The molecular weight excluding hydrogens is 548 g/mol. The van der Waals surface area contributed by atoms with E-state index in [2.05, 4.69) is 19.2 Å². The number of aryl methyl sites for hydroxylation is 2. The van der Waals surface area contributed by atoms with Crippen LogP contribution in [0.25, 0.3) is 10.9 Å². The summed E-state index contributed by atoms with van der Waals surface area (Å²) >= 11 is 1.70. The number of rotatable bonds is 12. The summed E-state index contributed by atoms with van der Waals surface area (Å²) in [5, 5.41) is 0.429. The van der Waals surface area contributed by atoms with E-state index in [0.717, 1.165) is 22.4 Å². The molecule has 0 aliphatic carbocycles. The fourth-order valence-corrected chi connectivity index (χ4v) is 5.50. The minimum absolute atomic E-state index is 0.143. The molecule has 0 saturated carbocycles. The van der Waals surface area contributed by atoms with Crippen LogP contribution in [0.15, 0.2) is 105 Å². The van der Waals surface area contributed by atoms with Crippen molar-refractivity contribution in [2.75, 3.05) is 20.0 Å². The van der Waals surface area contributed by atoms with E-state index in [0.29, 0.717) is 48.6 Å². The number of fused-ring (bicyclic) bond motifs is 1. The molecule has 0 saturated heterocycles. The zero-order chi connectivity index (χ0) is 29.5. The van der Waals surface area contributed by atoms with Crippen LogP contribution in [0.1, 0.15) is 23.1 Å². The number of hydrogen-bond donors (Lipinski definition) is 0. The lowest BCUT2D eigenvalue weighted by Crippen LogP contribution is -2.40. The van der Waals surface area contributed by atoms with Crippen molar-refractivity contribution in [2.24, 2.45) is 0 Å². The maximum Gasteiger partial charge on any atom is 0.331 e. The molecule has 0 amide bonds. The maximum absolute atomic E-state index is 13.9. The Morgan fingerprint density at radius 2 is 1.55 bits per heavy atom. The second-order valence-electron chi connectivity index (χ2n) is 9.93. The second kappa shape index (κ2) is 13.5.